The Morgan fingerprint density at radius 1 is 1.43 bits per heavy atom. The summed E-state index contributed by atoms with van der Waals surface area (Å²) in [4.78, 5) is 15.5. The molecule has 118 valence electrons. The van der Waals surface area contributed by atoms with Crippen molar-refractivity contribution in [2.45, 2.75) is 50.7 Å². The van der Waals surface area contributed by atoms with Crippen LogP contribution in [0.25, 0.3) is 0 Å². The molecule has 1 aliphatic rings. The summed E-state index contributed by atoms with van der Waals surface area (Å²) >= 11 is 1.19. The van der Waals surface area contributed by atoms with Crippen LogP contribution in [0.1, 0.15) is 44.7 Å². The number of hydrogen-bond acceptors (Lipinski definition) is 6. The first kappa shape index (κ1) is 16.2. The number of thiazole rings is 1. The summed E-state index contributed by atoms with van der Waals surface area (Å²) in [6, 6.07) is 0. The monoisotopic (exact) mass is 332 g/mol. The zero-order valence-corrected chi connectivity index (χ0v) is 13.6. The van der Waals surface area contributed by atoms with E-state index >= 15 is 0 Å². The molecule has 1 N–H and O–H groups in total. The molecule has 1 aliphatic carbocycles. The average molecular weight is 332 g/mol. The highest BCUT2D eigenvalue weighted by atomic mass is 32.2. The normalized spacial score (nSPS) is 16.6. The van der Waals surface area contributed by atoms with E-state index in [9.17, 15) is 13.2 Å². The lowest BCUT2D eigenvalue weighted by molar-refractivity contribution is -0.142. The van der Waals surface area contributed by atoms with Crippen molar-refractivity contribution in [3.8, 4) is 0 Å². The van der Waals surface area contributed by atoms with Gasteiger partial charge in [-0.15, -0.1) is 11.3 Å². The van der Waals surface area contributed by atoms with E-state index in [-0.39, 0.29) is 17.6 Å². The van der Waals surface area contributed by atoms with Crippen molar-refractivity contribution in [2.75, 3.05) is 11.3 Å². The number of carbonyl (C=O) groups excluding carboxylic acids is 1. The van der Waals surface area contributed by atoms with E-state index in [0.29, 0.717) is 30.3 Å². The molecule has 8 heteroatoms. The summed E-state index contributed by atoms with van der Waals surface area (Å²) in [5, 5.41) is 1.67. The third kappa shape index (κ3) is 4.67. The fraction of sp³-hybridized carbons (Fsp3) is 0.692. The topological polar surface area (TPSA) is 85.4 Å². The first-order valence-corrected chi connectivity index (χ1v) is 9.55. The van der Waals surface area contributed by atoms with Crippen LogP contribution in [0.2, 0.25) is 0 Å². The van der Waals surface area contributed by atoms with Gasteiger partial charge < -0.3 is 4.74 Å². The number of hydrogen-bond donors (Lipinski definition) is 1. The van der Waals surface area contributed by atoms with Crippen molar-refractivity contribution < 1.29 is 17.9 Å². The van der Waals surface area contributed by atoms with Gasteiger partial charge in [0.05, 0.1) is 24.0 Å². The molecule has 21 heavy (non-hydrogen) atoms. The van der Waals surface area contributed by atoms with Gasteiger partial charge in [0.15, 0.2) is 5.13 Å². The van der Waals surface area contributed by atoms with E-state index in [1.807, 2.05) is 0 Å². The van der Waals surface area contributed by atoms with E-state index in [1.54, 1.807) is 12.3 Å². The van der Waals surface area contributed by atoms with Gasteiger partial charge in [-0.3, -0.25) is 9.52 Å². The van der Waals surface area contributed by atoms with Crippen LogP contribution in [0.3, 0.4) is 0 Å². The maximum absolute atomic E-state index is 12.3. The van der Waals surface area contributed by atoms with Gasteiger partial charge in [0.2, 0.25) is 10.0 Å². The highest BCUT2D eigenvalue weighted by Gasteiger charge is 2.28. The number of aromatic nitrogens is 1. The van der Waals surface area contributed by atoms with Crippen molar-refractivity contribution in [3.63, 3.8) is 0 Å². The summed E-state index contributed by atoms with van der Waals surface area (Å²) in [6.45, 7) is 2.06. The molecule has 0 spiro atoms. The van der Waals surface area contributed by atoms with Crippen molar-refractivity contribution in [3.05, 3.63) is 11.1 Å². The summed E-state index contributed by atoms with van der Waals surface area (Å²) in [6.07, 6.45) is 4.49. The number of sulfonamides is 1. The highest BCUT2D eigenvalue weighted by Crippen LogP contribution is 2.26. The summed E-state index contributed by atoms with van der Waals surface area (Å²) < 4.78 is 31.9. The van der Waals surface area contributed by atoms with Gasteiger partial charge in [0.25, 0.3) is 0 Å². The zero-order valence-electron chi connectivity index (χ0n) is 12.0. The van der Waals surface area contributed by atoms with E-state index < -0.39 is 10.0 Å². The lowest BCUT2D eigenvalue weighted by atomic mass is 10.0. The smallest absolute Gasteiger partial charge is 0.311 e. The molecule has 0 unspecified atom stereocenters. The Hall–Kier alpha value is -1.15. The van der Waals surface area contributed by atoms with E-state index in [2.05, 4.69) is 9.71 Å². The SMILES string of the molecule is CCOC(=O)Cc1csc(NS(=O)(=O)C2CCCCC2)n1. The van der Waals surface area contributed by atoms with Crippen molar-refractivity contribution in [1.82, 2.24) is 4.98 Å². The fourth-order valence-electron chi connectivity index (χ4n) is 2.38. The Morgan fingerprint density at radius 3 is 2.81 bits per heavy atom. The average Bonchev–Trinajstić information content (AvgIpc) is 2.86. The van der Waals surface area contributed by atoms with Gasteiger partial charge in [-0.2, -0.15) is 0 Å². The Morgan fingerprint density at radius 2 is 2.14 bits per heavy atom. The van der Waals surface area contributed by atoms with Gasteiger partial charge in [-0.25, -0.2) is 13.4 Å². The number of nitrogens with one attached hydrogen (secondary N) is 1. The molecule has 0 amide bonds. The van der Waals surface area contributed by atoms with Crippen LogP contribution in [0.4, 0.5) is 5.13 Å². The van der Waals surface area contributed by atoms with Gasteiger partial charge in [-0.05, 0) is 19.8 Å². The van der Waals surface area contributed by atoms with Crippen LogP contribution in [0.15, 0.2) is 5.38 Å². The zero-order chi connectivity index (χ0) is 15.3. The second kappa shape index (κ2) is 7.22. The largest absolute Gasteiger partial charge is 0.466 e. The minimum atomic E-state index is -3.38. The molecular weight excluding hydrogens is 312 g/mol. The summed E-state index contributed by atoms with van der Waals surface area (Å²) in [5.41, 5.74) is 0.528. The molecule has 0 bridgehead atoms. The molecule has 0 atom stereocenters. The molecule has 1 fully saturated rings. The minimum Gasteiger partial charge on any atom is -0.466 e. The van der Waals surface area contributed by atoms with Gasteiger partial charge in [0.1, 0.15) is 0 Å². The molecule has 0 saturated heterocycles. The summed E-state index contributed by atoms with van der Waals surface area (Å²) in [5.74, 6) is -0.357. The van der Waals surface area contributed by atoms with Crippen LogP contribution >= 0.6 is 11.3 Å². The Balaban J connectivity index is 1.96. The van der Waals surface area contributed by atoms with Crippen LogP contribution in [0, 0.1) is 0 Å². The first-order chi connectivity index (χ1) is 10.0. The number of nitrogens with zero attached hydrogens (tertiary/aromatic N) is 1. The first-order valence-electron chi connectivity index (χ1n) is 7.13. The second-order valence-corrected chi connectivity index (χ2v) is 7.85. The van der Waals surface area contributed by atoms with Gasteiger partial charge >= 0.3 is 5.97 Å². The van der Waals surface area contributed by atoms with Gasteiger partial charge in [-0.1, -0.05) is 19.3 Å². The molecule has 1 heterocycles. The lowest BCUT2D eigenvalue weighted by Crippen LogP contribution is -2.29. The number of ether oxygens (including phenoxy) is 1. The fourth-order valence-corrected chi connectivity index (χ4v) is 4.88. The Kier molecular flexibility index (Phi) is 5.58. The maximum Gasteiger partial charge on any atom is 0.311 e. The number of carbonyl (C=O) groups is 1. The van der Waals surface area contributed by atoms with Gasteiger partial charge in [0, 0.05) is 5.38 Å². The van der Waals surface area contributed by atoms with Crippen LogP contribution < -0.4 is 4.72 Å². The lowest BCUT2D eigenvalue weighted by Gasteiger charge is -2.21. The number of rotatable bonds is 6. The van der Waals surface area contributed by atoms with Crippen molar-refractivity contribution in [2.24, 2.45) is 0 Å². The third-order valence-electron chi connectivity index (χ3n) is 3.40. The van der Waals surface area contributed by atoms with Crippen LogP contribution in [-0.4, -0.2) is 31.2 Å². The highest BCUT2D eigenvalue weighted by molar-refractivity contribution is 7.93. The summed E-state index contributed by atoms with van der Waals surface area (Å²) in [7, 11) is -3.38. The van der Waals surface area contributed by atoms with E-state index in [0.717, 1.165) is 19.3 Å². The van der Waals surface area contributed by atoms with Crippen LogP contribution in [-0.2, 0) is 26.0 Å². The Bertz CT molecular complexity index is 577. The minimum absolute atomic E-state index is 0.0650. The molecule has 0 radical (unpaired) electrons. The molecule has 2 rings (SSSR count). The predicted molar refractivity (Wildman–Crippen MR) is 81.9 cm³/mol. The third-order valence-corrected chi connectivity index (χ3v) is 6.17. The molecule has 0 aliphatic heterocycles. The molecule has 1 saturated carbocycles. The molecular formula is C13H20N2O4S2. The van der Waals surface area contributed by atoms with Crippen LogP contribution in [0.5, 0.6) is 0 Å². The van der Waals surface area contributed by atoms with E-state index in [4.69, 9.17) is 4.74 Å². The molecule has 1 aromatic heterocycles. The Labute approximate surface area is 129 Å². The predicted octanol–water partition coefficient (Wildman–Crippen LogP) is 2.32. The van der Waals surface area contributed by atoms with Crippen molar-refractivity contribution >= 4 is 32.5 Å². The quantitative estimate of drug-likeness (QED) is 0.808. The van der Waals surface area contributed by atoms with Crippen molar-refractivity contribution in [1.29, 1.82) is 0 Å². The second-order valence-electron chi connectivity index (χ2n) is 5.03. The molecule has 1 aromatic rings. The maximum atomic E-state index is 12.3. The number of anilines is 1. The molecule has 6 nitrogen and oxygen atoms in total. The number of esters is 1. The van der Waals surface area contributed by atoms with E-state index in [1.165, 1.54) is 11.3 Å². The molecule has 0 aromatic carbocycles. The standard InChI is InChI=1S/C13H20N2O4S2/c1-2-19-12(16)8-10-9-20-13(14-10)15-21(17,18)11-6-4-3-5-7-11/h9,11H,2-8H2,1H3,(H,14,15).